The molecule has 3 aromatic heterocycles. The third-order valence-corrected chi connectivity index (χ3v) is 6.18. The number of aromatic nitrogens is 3. The average molecular weight is 456 g/mol. The Kier molecular flexibility index (Phi) is 5.35. The third kappa shape index (κ3) is 4.08. The van der Waals surface area contributed by atoms with Crippen LogP contribution < -0.4 is 10.6 Å². The molecule has 0 radical (unpaired) electrons. The maximum absolute atomic E-state index is 13.1. The van der Waals surface area contributed by atoms with Crippen molar-refractivity contribution in [1.82, 2.24) is 19.7 Å². The molecular formula is C25H21N5O2S. The molecule has 8 heteroatoms. The van der Waals surface area contributed by atoms with Gasteiger partial charge in [0.05, 0.1) is 20.8 Å². The highest BCUT2D eigenvalue weighted by Crippen LogP contribution is 2.30. The van der Waals surface area contributed by atoms with Gasteiger partial charge in [-0.15, -0.1) is 11.3 Å². The van der Waals surface area contributed by atoms with Crippen molar-refractivity contribution in [1.29, 1.82) is 0 Å². The van der Waals surface area contributed by atoms with Gasteiger partial charge in [-0.25, -0.2) is 9.97 Å². The summed E-state index contributed by atoms with van der Waals surface area (Å²) in [5.41, 5.74) is 4.33. The summed E-state index contributed by atoms with van der Waals surface area (Å²) in [6, 6.07) is 19.1. The van der Waals surface area contributed by atoms with Gasteiger partial charge < -0.3 is 10.6 Å². The minimum absolute atomic E-state index is 0.211. The van der Waals surface area contributed by atoms with Crippen LogP contribution >= 0.6 is 11.3 Å². The van der Waals surface area contributed by atoms with Crippen molar-refractivity contribution in [2.75, 3.05) is 5.32 Å². The van der Waals surface area contributed by atoms with E-state index in [4.69, 9.17) is 4.98 Å². The summed E-state index contributed by atoms with van der Waals surface area (Å²) in [7, 11) is 0. The van der Waals surface area contributed by atoms with Gasteiger partial charge in [0.2, 0.25) is 5.91 Å². The summed E-state index contributed by atoms with van der Waals surface area (Å²) in [6.07, 6.45) is 1.79. The molecule has 2 amide bonds. The van der Waals surface area contributed by atoms with Gasteiger partial charge in [-0.05, 0) is 36.8 Å². The summed E-state index contributed by atoms with van der Waals surface area (Å²) < 4.78 is 2.84. The number of amides is 2. The Balaban J connectivity index is 1.48. The molecule has 2 N–H and O–H groups in total. The van der Waals surface area contributed by atoms with Gasteiger partial charge >= 0.3 is 0 Å². The van der Waals surface area contributed by atoms with Crippen molar-refractivity contribution < 1.29 is 9.59 Å². The number of carbonyl (C=O) groups is 2. The number of nitrogens with zero attached hydrogens (tertiary/aromatic N) is 3. The first kappa shape index (κ1) is 20.8. The summed E-state index contributed by atoms with van der Waals surface area (Å²) >= 11 is 1.63. The zero-order valence-electron chi connectivity index (χ0n) is 18.1. The Bertz CT molecular complexity index is 1500. The lowest BCUT2D eigenvalue weighted by molar-refractivity contribution is -0.114. The molecule has 0 aliphatic rings. The molecule has 164 valence electrons. The first-order valence-corrected chi connectivity index (χ1v) is 11.3. The fourth-order valence-corrected chi connectivity index (χ4v) is 4.69. The second-order valence-corrected chi connectivity index (χ2v) is 8.92. The number of benzene rings is 2. The van der Waals surface area contributed by atoms with Crippen LogP contribution in [0.5, 0.6) is 0 Å². The molecule has 3 heterocycles. The number of aryl methyl sites for hydroxylation is 1. The summed E-state index contributed by atoms with van der Waals surface area (Å²) in [5, 5.41) is 6.87. The number of fused-ring (bicyclic) bond motifs is 2. The van der Waals surface area contributed by atoms with Crippen LogP contribution in [0, 0.1) is 6.92 Å². The number of pyridine rings is 1. The Morgan fingerprint density at radius 3 is 2.64 bits per heavy atom. The van der Waals surface area contributed by atoms with Crippen LogP contribution in [0.4, 0.5) is 5.82 Å². The molecule has 0 saturated heterocycles. The predicted octanol–water partition coefficient (Wildman–Crippen LogP) is 4.81. The van der Waals surface area contributed by atoms with E-state index < -0.39 is 0 Å². The third-order valence-electron chi connectivity index (χ3n) is 5.25. The lowest BCUT2D eigenvalue weighted by Gasteiger charge is -2.08. The zero-order chi connectivity index (χ0) is 22.9. The fraction of sp³-hybridized carbons (Fsp3) is 0.120. The van der Waals surface area contributed by atoms with Crippen molar-refractivity contribution in [3.8, 4) is 11.3 Å². The summed E-state index contributed by atoms with van der Waals surface area (Å²) in [6.45, 7) is 3.82. The van der Waals surface area contributed by atoms with Gasteiger partial charge in [-0.2, -0.15) is 0 Å². The van der Waals surface area contributed by atoms with Gasteiger partial charge in [-0.1, -0.05) is 36.4 Å². The number of thiazole rings is 1. The quantitative estimate of drug-likeness (QED) is 0.398. The van der Waals surface area contributed by atoms with Crippen LogP contribution in [0.1, 0.15) is 27.9 Å². The molecule has 0 aliphatic carbocycles. The van der Waals surface area contributed by atoms with Crippen molar-refractivity contribution >= 4 is 44.8 Å². The van der Waals surface area contributed by atoms with Crippen LogP contribution in [0.25, 0.3) is 27.1 Å². The molecular weight excluding hydrogens is 434 g/mol. The molecule has 5 aromatic rings. The topological polar surface area (TPSA) is 88.4 Å². The molecule has 0 aliphatic heterocycles. The van der Waals surface area contributed by atoms with E-state index in [1.807, 2.05) is 49.4 Å². The van der Waals surface area contributed by atoms with E-state index in [1.54, 1.807) is 34.1 Å². The van der Waals surface area contributed by atoms with E-state index in [0.717, 1.165) is 26.4 Å². The molecule has 33 heavy (non-hydrogen) atoms. The van der Waals surface area contributed by atoms with E-state index in [-0.39, 0.29) is 11.8 Å². The van der Waals surface area contributed by atoms with E-state index in [9.17, 15) is 9.59 Å². The van der Waals surface area contributed by atoms with Crippen LogP contribution in [0.2, 0.25) is 0 Å². The molecule has 7 nitrogen and oxygen atoms in total. The molecule has 0 unspecified atom stereocenters. The standard InChI is InChI=1S/C25H21N5O2S/c1-15(31)27-24-22(18-7-4-3-5-8-18)29-23-19(9-6-12-30(23)24)25(32)26-14-17-10-11-20-21(13-17)33-16(2)28-20/h3-13H,14H2,1-2H3,(H,26,32)(H,27,31). The normalized spacial score (nSPS) is 11.1. The lowest BCUT2D eigenvalue weighted by Crippen LogP contribution is -2.23. The molecule has 0 fully saturated rings. The van der Waals surface area contributed by atoms with Gasteiger partial charge in [0, 0.05) is 25.2 Å². The average Bonchev–Trinajstić information content (AvgIpc) is 3.36. The highest BCUT2D eigenvalue weighted by molar-refractivity contribution is 7.18. The van der Waals surface area contributed by atoms with Crippen molar-refractivity contribution in [3.05, 3.63) is 83.0 Å². The van der Waals surface area contributed by atoms with E-state index in [1.165, 1.54) is 6.92 Å². The first-order valence-electron chi connectivity index (χ1n) is 10.5. The number of anilines is 1. The Morgan fingerprint density at radius 2 is 1.85 bits per heavy atom. The van der Waals surface area contributed by atoms with Gasteiger partial charge in [0.25, 0.3) is 5.91 Å². The van der Waals surface area contributed by atoms with Crippen molar-refractivity contribution in [2.24, 2.45) is 0 Å². The van der Waals surface area contributed by atoms with Crippen LogP contribution in [-0.4, -0.2) is 26.2 Å². The monoisotopic (exact) mass is 455 g/mol. The number of hydrogen-bond acceptors (Lipinski definition) is 5. The van der Waals surface area contributed by atoms with E-state index in [2.05, 4.69) is 21.7 Å². The maximum Gasteiger partial charge on any atom is 0.255 e. The second-order valence-electron chi connectivity index (χ2n) is 7.69. The SMILES string of the molecule is CC(=O)Nc1c(-c2ccccc2)nc2c(C(=O)NCc3ccc4nc(C)sc4c3)cccn12. The second kappa shape index (κ2) is 8.48. The van der Waals surface area contributed by atoms with Crippen molar-refractivity contribution in [3.63, 3.8) is 0 Å². The maximum atomic E-state index is 13.1. The minimum Gasteiger partial charge on any atom is -0.348 e. The zero-order valence-corrected chi connectivity index (χ0v) is 18.9. The van der Waals surface area contributed by atoms with Gasteiger partial charge in [-0.3, -0.25) is 14.0 Å². The predicted molar refractivity (Wildman–Crippen MR) is 130 cm³/mol. The number of hydrogen-bond donors (Lipinski definition) is 2. The van der Waals surface area contributed by atoms with Crippen molar-refractivity contribution in [2.45, 2.75) is 20.4 Å². The van der Waals surface area contributed by atoms with E-state index in [0.29, 0.717) is 29.3 Å². The first-order chi connectivity index (χ1) is 16.0. The number of imidazole rings is 1. The smallest absolute Gasteiger partial charge is 0.255 e. The molecule has 0 saturated carbocycles. The number of carbonyl (C=O) groups excluding carboxylic acids is 2. The molecule has 5 rings (SSSR count). The van der Waals surface area contributed by atoms with Crippen LogP contribution in [0.3, 0.4) is 0 Å². The summed E-state index contributed by atoms with van der Waals surface area (Å²) in [5.74, 6) is 0.0852. The fourth-order valence-electron chi connectivity index (χ4n) is 3.80. The molecule has 0 atom stereocenters. The highest BCUT2D eigenvalue weighted by atomic mass is 32.1. The summed E-state index contributed by atoms with van der Waals surface area (Å²) in [4.78, 5) is 34.2. The number of nitrogens with one attached hydrogen (secondary N) is 2. The molecule has 2 aromatic carbocycles. The Hall–Kier alpha value is -4.04. The van der Waals surface area contributed by atoms with Gasteiger partial charge in [0.1, 0.15) is 11.5 Å². The molecule has 0 spiro atoms. The Labute approximate surface area is 194 Å². The van der Waals surface area contributed by atoms with Gasteiger partial charge in [0.15, 0.2) is 5.65 Å². The minimum atomic E-state index is -0.236. The number of rotatable bonds is 5. The van der Waals surface area contributed by atoms with Crippen LogP contribution in [0.15, 0.2) is 66.9 Å². The largest absolute Gasteiger partial charge is 0.348 e. The lowest BCUT2D eigenvalue weighted by atomic mass is 10.1. The van der Waals surface area contributed by atoms with E-state index >= 15 is 0 Å². The highest BCUT2D eigenvalue weighted by Gasteiger charge is 2.20. The van der Waals surface area contributed by atoms with Crippen LogP contribution in [-0.2, 0) is 11.3 Å². The Morgan fingerprint density at radius 1 is 1.03 bits per heavy atom. The molecule has 0 bridgehead atoms.